The van der Waals surface area contributed by atoms with Gasteiger partial charge in [-0.3, -0.25) is 0 Å². The summed E-state index contributed by atoms with van der Waals surface area (Å²) in [7, 11) is -2.34. The zero-order valence-corrected chi connectivity index (χ0v) is 20.7. The van der Waals surface area contributed by atoms with E-state index in [2.05, 4.69) is 26.6 Å². The van der Waals surface area contributed by atoms with Crippen molar-refractivity contribution in [2.75, 3.05) is 20.3 Å². The molecule has 7 nitrogen and oxygen atoms in total. The summed E-state index contributed by atoms with van der Waals surface area (Å²) in [5.41, 5.74) is -2.20. The van der Waals surface area contributed by atoms with Crippen LogP contribution in [0.15, 0.2) is 65.7 Å². The number of rotatable bonds is 6. The zero-order valence-electron chi connectivity index (χ0n) is 19.9. The minimum absolute atomic E-state index is 0.0159. The van der Waals surface area contributed by atoms with Crippen molar-refractivity contribution in [3.8, 4) is 23.1 Å². The van der Waals surface area contributed by atoms with Crippen LogP contribution in [0.3, 0.4) is 0 Å². The fourth-order valence-corrected chi connectivity index (χ4v) is 4.46. The summed E-state index contributed by atoms with van der Waals surface area (Å²) in [6.45, 7) is 0.267. The Morgan fingerprint density at radius 3 is 2.21 bits per heavy atom. The summed E-state index contributed by atoms with van der Waals surface area (Å²) in [4.78, 5) is 4.17. The van der Waals surface area contributed by atoms with E-state index in [1.54, 1.807) is 0 Å². The maximum Gasteiger partial charge on any atom is 0.433 e. The van der Waals surface area contributed by atoms with Crippen LogP contribution < -0.4 is 4.72 Å². The van der Waals surface area contributed by atoms with Crippen molar-refractivity contribution in [2.45, 2.75) is 17.2 Å². The van der Waals surface area contributed by atoms with Gasteiger partial charge >= 0.3 is 12.4 Å². The van der Waals surface area contributed by atoms with Crippen LogP contribution in [0, 0.1) is 11.8 Å². The summed E-state index contributed by atoms with van der Waals surface area (Å²) < 4.78 is 112. The molecule has 39 heavy (non-hydrogen) atoms. The number of nitrogens with zero attached hydrogens (tertiary/aromatic N) is 3. The molecule has 204 valence electrons. The molecule has 0 aliphatic carbocycles. The number of hydrogen-bond acceptors (Lipinski definition) is 5. The van der Waals surface area contributed by atoms with Crippen LogP contribution in [0.25, 0.3) is 16.9 Å². The number of hydrogen-bond donors (Lipinski definition) is 1. The fourth-order valence-electron chi connectivity index (χ4n) is 3.45. The second kappa shape index (κ2) is 10.7. The molecule has 1 N–H and O–H groups in total. The maximum absolute atomic E-state index is 13.8. The molecule has 2 aromatic heterocycles. The lowest BCUT2D eigenvalue weighted by Crippen LogP contribution is -2.27. The van der Waals surface area contributed by atoms with Gasteiger partial charge in [-0.05, 0) is 42.5 Å². The van der Waals surface area contributed by atoms with Crippen molar-refractivity contribution in [1.29, 1.82) is 0 Å². The van der Waals surface area contributed by atoms with Crippen LogP contribution in [-0.2, 0) is 27.1 Å². The van der Waals surface area contributed by atoms with E-state index < -0.39 is 33.6 Å². The molecule has 0 radical (unpaired) electrons. The van der Waals surface area contributed by atoms with Crippen molar-refractivity contribution >= 4 is 15.7 Å². The molecule has 0 saturated heterocycles. The van der Waals surface area contributed by atoms with Gasteiger partial charge in [0.05, 0.1) is 34.5 Å². The molecule has 0 bridgehead atoms. The molecule has 0 aliphatic heterocycles. The first-order valence-electron chi connectivity index (χ1n) is 11.0. The molecule has 0 unspecified atom stereocenters. The van der Waals surface area contributed by atoms with Gasteiger partial charge in [-0.1, -0.05) is 24.0 Å². The number of halogens is 6. The largest absolute Gasteiger partial charge is 0.433 e. The van der Waals surface area contributed by atoms with Gasteiger partial charge in [-0.2, -0.15) is 31.4 Å². The number of aromatic nitrogens is 3. The van der Waals surface area contributed by atoms with Crippen LogP contribution in [0.1, 0.15) is 22.4 Å². The SMILES string of the molecule is COCCNS(=O)(=O)c1ccc(C#Cc2cnn3c(C(F)(F)F)cc(-c4ccc(C(F)(F)F)cc4)nc23)cc1. The second-order valence-electron chi connectivity index (χ2n) is 8.06. The summed E-state index contributed by atoms with van der Waals surface area (Å²) in [5.74, 6) is 5.40. The van der Waals surface area contributed by atoms with Crippen molar-refractivity contribution in [3.05, 3.63) is 83.2 Å². The Labute approximate surface area is 218 Å². The predicted octanol–water partition coefficient (Wildman–Crippen LogP) is 4.76. The first-order chi connectivity index (χ1) is 18.3. The maximum atomic E-state index is 13.8. The van der Waals surface area contributed by atoms with Gasteiger partial charge in [-0.25, -0.2) is 22.6 Å². The first kappa shape index (κ1) is 28.1. The highest BCUT2D eigenvalue weighted by Gasteiger charge is 2.36. The Balaban J connectivity index is 1.70. The molecule has 14 heteroatoms. The number of nitrogens with one attached hydrogen (secondary N) is 1. The number of fused-ring (bicyclic) bond motifs is 1. The minimum atomic E-state index is -4.85. The molecule has 2 heterocycles. The van der Waals surface area contributed by atoms with E-state index in [1.165, 1.54) is 31.4 Å². The van der Waals surface area contributed by atoms with Crippen molar-refractivity contribution in [2.24, 2.45) is 0 Å². The highest BCUT2D eigenvalue weighted by Crippen LogP contribution is 2.34. The molecule has 2 aromatic carbocycles. The van der Waals surface area contributed by atoms with Gasteiger partial charge in [0.2, 0.25) is 10.0 Å². The highest BCUT2D eigenvalue weighted by atomic mass is 32.2. The van der Waals surface area contributed by atoms with Crippen molar-refractivity contribution in [3.63, 3.8) is 0 Å². The lowest BCUT2D eigenvalue weighted by Gasteiger charge is -2.12. The number of methoxy groups -OCH3 is 1. The van der Waals surface area contributed by atoms with E-state index in [1.807, 2.05) is 0 Å². The van der Waals surface area contributed by atoms with Crippen molar-refractivity contribution in [1.82, 2.24) is 19.3 Å². The molecule has 0 aliphatic rings. The van der Waals surface area contributed by atoms with Gasteiger partial charge in [0.25, 0.3) is 0 Å². The standard InChI is InChI=1S/C25H18F6N4O3S/c1-38-13-12-33-39(36,37)20-10-3-16(4-11-20)2-5-18-15-32-35-22(25(29,30)31)14-21(34-23(18)35)17-6-8-19(9-7-17)24(26,27)28/h3-4,6-11,14-15,33H,12-13H2,1H3. The van der Waals surface area contributed by atoms with Crippen LogP contribution in [0.2, 0.25) is 0 Å². The third kappa shape index (κ3) is 6.39. The number of alkyl halides is 6. The lowest BCUT2D eigenvalue weighted by molar-refractivity contribution is -0.142. The third-order valence-corrected chi connectivity index (χ3v) is 6.85. The molecule has 0 saturated carbocycles. The Hall–Kier alpha value is -3.93. The quantitative estimate of drug-likeness (QED) is 0.206. The van der Waals surface area contributed by atoms with Crippen LogP contribution in [0.4, 0.5) is 26.3 Å². The molecule has 4 aromatic rings. The Morgan fingerprint density at radius 1 is 0.949 bits per heavy atom. The average molecular weight is 568 g/mol. The Bertz CT molecular complexity index is 1650. The summed E-state index contributed by atoms with van der Waals surface area (Å²) >= 11 is 0. The summed E-state index contributed by atoms with van der Waals surface area (Å²) in [5, 5.41) is 3.75. The van der Waals surface area contributed by atoms with E-state index in [0.29, 0.717) is 16.1 Å². The molecular weight excluding hydrogens is 550 g/mol. The first-order valence-corrected chi connectivity index (χ1v) is 12.5. The normalized spacial score (nSPS) is 12.4. The predicted molar refractivity (Wildman–Crippen MR) is 128 cm³/mol. The summed E-state index contributed by atoms with van der Waals surface area (Å²) in [6, 6.07) is 9.74. The van der Waals surface area contributed by atoms with Crippen LogP contribution >= 0.6 is 0 Å². The monoisotopic (exact) mass is 568 g/mol. The number of sulfonamides is 1. The lowest BCUT2D eigenvalue weighted by atomic mass is 10.1. The highest BCUT2D eigenvalue weighted by molar-refractivity contribution is 7.89. The van der Waals surface area contributed by atoms with Crippen LogP contribution in [0.5, 0.6) is 0 Å². The van der Waals surface area contributed by atoms with E-state index >= 15 is 0 Å². The number of benzene rings is 2. The minimum Gasteiger partial charge on any atom is -0.383 e. The average Bonchev–Trinajstić information content (AvgIpc) is 3.29. The Kier molecular flexibility index (Phi) is 7.69. The summed E-state index contributed by atoms with van der Waals surface area (Å²) in [6.07, 6.45) is -8.37. The van der Waals surface area contributed by atoms with E-state index in [-0.39, 0.29) is 40.5 Å². The third-order valence-electron chi connectivity index (χ3n) is 5.37. The van der Waals surface area contributed by atoms with Crippen LogP contribution in [-0.4, -0.2) is 43.3 Å². The van der Waals surface area contributed by atoms with Gasteiger partial charge in [-0.15, -0.1) is 0 Å². The fraction of sp³-hybridized carbons (Fsp3) is 0.200. The topological polar surface area (TPSA) is 85.6 Å². The van der Waals surface area contributed by atoms with Crippen molar-refractivity contribution < 1.29 is 39.5 Å². The molecule has 0 fully saturated rings. The molecule has 0 spiro atoms. The molecular formula is C25H18F6N4O3S. The molecule has 4 rings (SSSR count). The zero-order chi connectivity index (χ0) is 28.4. The second-order valence-corrected chi connectivity index (χ2v) is 9.83. The van der Waals surface area contributed by atoms with Gasteiger partial charge < -0.3 is 4.74 Å². The van der Waals surface area contributed by atoms with E-state index in [4.69, 9.17) is 4.74 Å². The van der Waals surface area contributed by atoms with Gasteiger partial charge in [0, 0.05) is 24.8 Å². The molecule has 0 atom stereocenters. The van der Waals surface area contributed by atoms with Gasteiger partial charge in [0.15, 0.2) is 11.3 Å². The smallest absolute Gasteiger partial charge is 0.383 e. The van der Waals surface area contributed by atoms with E-state index in [9.17, 15) is 34.8 Å². The Morgan fingerprint density at radius 2 is 1.62 bits per heavy atom. The molecule has 0 amide bonds. The van der Waals surface area contributed by atoms with E-state index in [0.717, 1.165) is 30.5 Å². The number of ether oxygens (including phenoxy) is 1. The van der Waals surface area contributed by atoms with Gasteiger partial charge in [0.1, 0.15) is 0 Å².